The molecule has 118 heavy (non-hydrogen) atoms. The number of rotatable bonds is 25. The minimum atomic E-state index is -0.870. The summed E-state index contributed by atoms with van der Waals surface area (Å²) >= 11 is 0. The molecule has 29 heteroatoms. The number of fused-ring (bicyclic) bond motifs is 6. The number of likely N-dealkylation sites (N-methyl/N-ethyl adjacent to an activating group) is 3. The Bertz CT molecular complexity index is 4760. The van der Waals surface area contributed by atoms with E-state index in [2.05, 4.69) is 151 Å². The second kappa shape index (κ2) is 39.2. The minimum absolute atomic E-state index is 0. The number of piperazine rings is 3. The van der Waals surface area contributed by atoms with E-state index in [1.54, 1.807) is 13.3 Å². The van der Waals surface area contributed by atoms with Crippen LogP contribution in [0.5, 0.6) is 0 Å². The number of imidazole rings is 3. The van der Waals surface area contributed by atoms with Gasteiger partial charge in [-0.3, -0.25) is 4.79 Å². The van der Waals surface area contributed by atoms with Gasteiger partial charge in [-0.2, -0.15) is 0 Å². The first kappa shape index (κ1) is 88.3. The molecule has 6 heterocycles. The largest absolute Gasteiger partial charge is 1.00 e. The van der Waals surface area contributed by atoms with Crippen molar-refractivity contribution in [2.75, 3.05) is 168 Å². The Hall–Kier alpha value is -7.45. The summed E-state index contributed by atoms with van der Waals surface area (Å²) in [5.41, 5.74) is 10.5. The number of benzene rings is 6. The third kappa shape index (κ3) is 20.2. The van der Waals surface area contributed by atoms with Crippen molar-refractivity contribution in [1.29, 1.82) is 0 Å². The van der Waals surface area contributed by atoms with Crippen molar-refractivity contribution in [2.24, 2.45) is 28.8 Å². The van der Waals surface area contributed by atoms with Gasteiger partial charge in [0.2, 0.25) is 17.8 Å². The summed E-state index contributed by atoms with van der Waals surface area (Å²) in [6.07, 6.45) is 18.9. The van der Waals surface area contributed by atoms with Crippen molar-refractivity contribution < 1.29 is 76.9 Å². The molecule has 9 fully saturated rings. The Labute approximate surface area is 715 Å². The zero-order valence-electron chi connectivity index (χ0n) is 70.5. The van der Waals surface area contributed by atoms with Crippen LogP contribution in [0.15, 0.2) is 114 Å². The Morgan fingerprint density at radius 2 is 0.822 bits per heavy atom. The van der Waals surface area contributed by atoms with Gasteiger partial charge in [0, 0.05) is 167 Å². The van der Waals surface area contributed by atoms with E-state index >= 15 is 0 Å². The third-order valence-corrected chi connectivity index (χ3v) is 27.3. The molecule has 9 aliphatic rings. The number of hydrogen-bond donors (Lipinski definition) is 5. The van der Waals surface area contributed by atoms with Crippen LogP contribution < -0.4 is 50.2 Å². The number of aromatic amines is 3. The van der Waals surface area contributed by atoms with Crippen LogP contribution in [0, 0.1) is 52.7 Å². The molecule has 6 saturated carbocycles. The molecule has 0 spiro atoms. The molecule has 3 aromatic heterocycles. The van der Waals surface area contributed by atoms with E-state index in [9.17, 15) is 36.2 Å². The van der Waals surface area contributed by atoms with E-state index in [1.165, 1.54) is 73.0 Å². The second-order valence-corrected chi connectivity index (χ2v) is 34.4. The van der Waals surface area contributed by atoms with Crippen molar-refractivity contribution in [1.82, 2.24) is 59.3 Å². The first-order valence-corrected chi connectivity index (χ1v) is 42.0. The van der Waals surface area contributed by atoms with Crippen molar-refractivity contribution in [3.63, 3.8) is 0 Å². The predicted octanol–water partition coefficient (Wildman–Crippen LogP) is 9.91. The summed E-state index contributed by atoms with van der Waals surface area (Å²) in [4.78, 5) is 65.8. The van der Waals surface area contributed by atoms with Gasteiger partial charge in [0.05, 0.1) is 53.0 Å². The number of aldehydes is 1. The van der Waals surface area contributed by atoms with Gasteiger partial charge in [0.25, 0.3) is 0 Å². The van der Waals surface area contributed by atoms with Crippen molar-refractivity contribution in [2.45, 2.75) is 137 Å². The minimum Gasteiger partial charge on any atom is -1.00 e. The zero-order valence-corrected chi connectivity index (χ0v) is 71.5. The van der Waals surface area contributed by atoms with Gasteiger partial charge in [0.1, 0.15) is 13.4 Å². The molecule has 9 atom stereocenters. The van der Waals surface area contributed by atoms with E-state index in [4.69, 9.17) is 19.8 Å². The molecule has 9 aromatic rings. The molecule has 0 bridgehead atoms. The number of halogens is 6. The number of carbonyl (C=O) groups is 1. The van der Waals surface area contributed by atoms with Gasteiger partial charge >= 0.3 is 29.6 Å². The van der Waals surface area contributed by atoms with Gasteiger partial charge in [-0.25, -0.2) is 47.2 Å². The summed E-state index contributed by atoms with van der Waals surface area (Å²) in [5, 5.41) is 13.5. The summed E-state index contributed by atoms with van der Waals surface area (Å²) in [6.45, 7) is 19.0. The summed E-state index contributed by atoms with van der Waals surface area (Å²) in [5.74, 6) is 3.15. The topological polar surface area (TPSA) is 209 Å². The predicted molar refractivity (Wildman–Crippen MR) is 451 cm³/mol. The molecule has 6 N–H and O–H groups in total. The number of aromatic nitrogens is 6. The Morgan fingerprint density at radius 1 is 0.500 bits per heavy atom. The number of aliphatic hydroxyl groups is 1. The van der Waals surface area contributed by atoms with Crippen LogP contribution in [0.2, 0.25) is 0 Å². The second-order valence-electron chi connectivity index (χ2n) is 34.4. The quantitative estimate of drug-likeness (QED) is 0.0119. The molecule has 21 nitrogen and oxygen atoms in total. The smallest absolute Gasteiger partial charge is 1.00 e. The van der Waals surface area contributed by atoms with Crippen molar-refractivity contribution >= 4 is 71.9 Å². The maximum Gasteiger partial charge on any atom is 1.00 e. The summed E-state index contributed by atoms with van der Waals surface area (Å²) in [7, 11) is 9.48. The first-order valence-electron chi connectivity index (χ1n) is 42.0. The molecule has 6 aromatic carbocycles. The molecule has 3 unspecified atom stereocenters. The fraction of sp³-hybridized carbons (Fsp3) is 0.539. The van der Waals surface area contributed by atoms with Crippen molar-refractivity contribution in [3.05, 3.63) is 177 Å². The molecule has 3 radical (unpaired) electrons. The summed E-state index contributed by atoms with van der Waals surface area (Å²) in [6, 6.07) is 33.4. The van der Waals surface area contributed by atoms with E-state index in [0.29, 0.717) is 74.9 Å². The molecule has 18 rings (SSSR count). The molecular weight excluding hydrogens is 1520 g/mol. The van der Waals surface area contributed by atoms with E-state index in [0.717, 1.165) is 236 Å². The number of anilines is 3. The fourth-order valence-electron chi connectivity index (χ4n) is 20.3. The number of carbonyl (C=O) groups excluding carboxylic acids is 1. The van der Waals surface area contributed by atoms with Crippen LogP contribution in [0.1, 0.15) is 136 Å². The van der Waals surface area contributed by atoms with Gasteiger partial charge in [-0.15, -0.1) is 0 Å². The van der Waals surface area contributed by atoms with E-state index < -0.39 is 34.9 Å². The zero-order chi connectivity index (χ0) is 80.8. The number of aliphatic hydroxyl groups excluding tert-OH is 1. The molecule has 0 amide bonds. The average molecular weight is 1640 g/mol. The Balaban J connectivity index is 0.000000159. The van der Waals surface area contributed by atoms with Crippen LogP contribution in [0.25, 0.3) is 33.1 Å². The van der Waals surface area contributed by atoms with Gasteiger partial charge in [0.15, 0.2) is 34.9 Å². The van der Waals surface area contributed by atoms with Gasteiger partial charge < -0.3 is 75.3 Å². The standard InChI is InChI=1S/C30H38F2N6O.C29H37F2N5O.C29H35F2N5O.CH5NO.B.Na.H/c1-36-11-13-37(14-12-36)9-4-10-38(29-34-27-17-25(31)26(32)18-28(27)35-29)24-7-8-30(19-23(30)16-24)22-6-3-5-21(15-22)20-33-39-2;2*1-34-10-12-35(13-11-34)8-3-9-36(28-32-26-16-24(30)25(31)17-27(26)33-28)23-6-7-29(18-22(29)15-23)21-5-2-4-20(14-21)19-37;1-3-2;;;/h3,5-6,15,17-18,20,23-24H,4,7-14,16,19H2,1-2H3,(H,34,35);2,4-5,14,16-17,22-23,37H,3,6-13,15,18-19H2,1H3,(H,32,33);2,4-5,14,16-17,19,22-23H,3,6-13,15,18H2,1H3,(H,32,33);2H2,1H3;;;/q;;;;;+1;-1/b33-20+;;;;;;/t23?,24-,30-;2*22?,23-,29-;;;;/m111..../s1. The molecule has 6 aliphatic carbocycles. The molecule has 3 aliphatic heterocycles. The monoisotopic (exact) mass is 1630 g/mol. The first-order chi connectivity index (χ1) is 56.3. The van der Waals surface area contributed by atoms with Crippen LogP contribution in [0.4, 0.5) is 44.2 Å². The van der Waals surface area contributed by atoms with E-state index in [1.807, 2.05) is 18.2 Å². The maximum atomic E-state index is 13.9. The summed E-state index contributed by atoms with van der Waals surface area (Å²) < 4.78 is 83.5. The average Bonchev–Trinajstić information content (AvgIpc) is 1.57. The van der Waals surface area contributed by atoms with Crippen LogP contribution in [-0.2, 0) is 32.5 Å². The molecular formula is C89H116BF6N17NaO4. The van der Waals surface area contributed by atoms with Crippen LogP contribution in [0.3, 0.4) is 0 Å². The maximum absolute atomic E-state index is 13.9. The third-order valence-electron chi connectivity index (χ3n) is 27.3. The van der Waals surface area contributed by atoms with Crippen LogP contribution in [-0.4, -0.2) is 257 Å². The fourth-order valence-corrected chi connectivity index (χ4v) is 20.3. The number of nitrogens with two attached hydrogens (primary N) is 1. The number of oxime groups is 1. The SMILES string of the molecule is CN1CCN(CCCN(c2nc3cc(F)c(F)cc3[nH]2)[C@@H]2CC[C@]3(c4cccc(C=O)c4)CC3C2)CC1.CN1CCN(CCCN(c2nc3cc(F)c(F)cc3[nH]2)[C@@H]2CC[C@]3(c4cccc(CO)c4)CC3C2)CC1.CO/N=C/c1cccc([C@]23CC[C@@H](N(CCCN4CCN(C)CC4)c4nc5cc(F)c(F)cc5[nH]4)CC2C3)c1.CON.[B].[H-].[Na+]. The number of nitrogens with zero attached hydrogens (tertiary/aromatic N) is 13. The number of hydrogen-bond acceptors (Lipinski definition) is 18. The number of H-pyrrole nitrogens is 3. The van der Waals surface area contributed by atoms with Gasteiger partial charge in [-0.1, -0.05) is 65.8 Å². The van der Waals surface area contributed by atoms with Crippen LogP contribution >= 0.6 is 0 Å². The van der Waals surface area contributed by atoms with E-state index in [-0.39, 0.29) is 62.2 Å². The molecule has 627 valence electrons. The van der Waals surface area contributed by atoms with Gasteiger partial charge in [-0.05, 0) is 211 Å². The van der Waals surface area contributed by atoms with Crippen molar-refractivity contribution in [3.8, 4) is 0 Å². The molecule has 3 saturated heterocycles. The Kier molecular flexibility index (Phi) is 29.3. The normalized spacial score (nSPS) is 25.2. The Morgan fingerprint density at radius 3 is 1.15 bits per heavy atom. The number of nitrogens with one attached hydrogen (secondary N) is 3.